The third-order valence-electron chi connectivity index (χ3n) is 2.70. The van der Waals surface area contributed by atoms with Crippen molar-refractivity contribution < 1.29 is 26.9 Å². The first-order valence-electron chi connectivity index (χ1n) is 5.84. The molecule has 0 amide bonds. The van der Waals surface area contributed by atoms with Crippen molar-refractivity contribution in [1.82, 2.24) is 0 Å². The lowest BCUT2D eigenvalue weighted by molar-refractivity contribution is 0.0690. The number of halogens is 1. The molecule has 0 unspecified atom stereocenters. The maximum Gasteiger partial charge on any atom is 0.342 e. The van der Waals surface area contributed by atoms with Crippen LogP contribution in [-0.2, 0) is 10.1 Å². The monoisotopic (exact) mass is 310 g/mol. The summed E-state index contributed by atoms with van der Waals surface area (Å²) in [6.07, 6.45) is 0. The second-order valence-electron chi connectivity index (χ2n) is 4.27. The molecule has 0 fully saturated rings. The van der Waals surface area contributed by atoms with E-state index in [2.05, 4.69) is 0 Å². The van der Waals surface area contributed by atoms with Gasteiger partial charge in [-0.25, -0.2) is 9.18 Å². The number of carboxylic acids is 1. The normalized spacial score (nSPS) is 11.1. The van der Waals surface area contributed by atoms with Crippen LogP contribution in [0.2, 0.25) is 0 Å². The van der Waals surface area contributed by atoms with Crippen LogP contribution in [0.5, 0.6) is 5.75 Å². The van der Waals surface area contributed by atoms with Gasteiger partial charge in [0.2, 0.25) is 0 Å². The Morgan fingerprint density at radius 2 is 1.76 bits per heavy atom. The highest BCUT2D eigenvalue weighted by Crippen LogP contribution is 2.25. The second-order valence-corrected chi connectivity index (χ2v) is 5.81. The zero-order valence-electron chi connectivity index (χ0n) is 10.9. The van der Waals surface area contributed by atoms with Crippen molar-refractivity contribution in [2.45, 2.75) is 11.8 Å². The van der Waals surface area contributed by atoms with Crippen LogP contribution in [0.25, 0.3) is 0 Å². The summed E-state index contributed by atoms with van der Waals surface area (Å²) >= 11 is 0. The molecule has 0 aliphatic carbocycles. The molecule has 0 bridgehead atoms. The minimum atomic E-state index is -4.23. The minimum Gasteiger partial charge on any atom is -0.477 e. The second kappa shape index (κ2) is 5.53. The molecule has 0 aliphatic heterocycles. The van der Waals surface area contributed by atoms with Gasteiger partial charge in [0.1, 0.15) is 16.3 Å². The number of aryl methyl sites for hydroxylation is 1. The van der Waals surface area contributed by atoms with Crippen molar-refractivity contribution in [3.05, 3.63) is 59.4 Å². The highest BCUT2D eigenvalue weighted by atomic mass is 32.2. The van der Waals surface area contributed by atoms with E-state index in [1.807, 2.05) is 0 Å². The molecule has 0 aliphatic rings. The van der Waals surface area contributed by atoms with Gasteiger partial charge in [0, 0.05) is 0 Å². The fourth-order valence-corrected chi connectivity index (χ4v) is 2.59. The lowest BCUT2D eigenvalue weighted by Crippen LogP contribution is -2.13. The molecule has 0 atom stereocenters. The summed E-state index contributed by atoms with van der Waals surface area (Å²) in [5.74, 6) is -3.25. The van der Waals surface area contributed by atoms with Gasteiger partial charge in [-0.05, 0) is 31.2 Å². The van der Waals surface area contributed by atoms with E-state index >= 15 is 0 Å². The number of benzene rings is 2. The van der Waals surface area contributed by atoms with E-state index in [1.54, 1.807) is 19.1 Å². The molecular weight excluding hydrogens is 299 g/mol. The SMILES string of the molecule is Cc1ccc(S(=O)(=O)Oc2cccc(F)c2C(=O)O)cc1. The molecule has 2 aromatic rings. The summed E-state index contributed by atoms with van der Waals surface area (Å²) in [5.41, 5.74) is 0.0270. The van der Waals surface area contributed by atoms with Crippen molar-refractivity contribution in [2.24, 2.45) is 0 Å². The fourth-order valence-electron chi connectivity index (χ4n) is 1.65. The number of hydrogen-bond acceptors (Lipinski definition) is 4. The quantitative estimate of drug-likeness (QED) is 0.878. The first-order valence-corrected chi connectivity index (χ1v) is 7.25. The molecule has 0 saturated carbocycles. The van der Waals surface area contributed by atoms with Crippen LogP contribution in [0.1, 0.15) is 15.9 Å². The number of carbonyl (C=O) groups is 1. The van der Waals surface area contributed by atoms with Gasteiger partial charge in [-0.3, -0.25) is 0 Å². The highest BCUT2D eigenvalue weighted by molar-refractivity contribution is 7.87. The Morgan fingerprint density at radius 3 is 2.33 bits per heavy atom. The standard InChI is InChI=1S/C14H11FO5S/c1-9-5-7-10(8-6-9)21(18,19)20-12-4-2-3-11(15)13(12)14(16)17/h2-8H,1H3,(H,16,17). The molecule has 1 N–H and O–H groups in total. The molecule has 0 radical (unpaired) electrons. The summed E-state index contributed by atoms with van der Waals surface area (Å²) in [4.78, 5) is 10.9. The van der Waals surface area contributed by atoms with Crippen LogP contribution in [-0.4, -0.2) is 19.5 Å². The van der Waals surface area contributed by atoms with E-state index in [0.29, 0.717) is 0 Å². The van der Waals surface area contributed by atoms with Crippen LogP contribution in [0.3, 0.4) is 0 Å². The molecule has 0 aromatic heterocycles. The van der Waals surface area contributed by atoms with Crippen molar-refractivity contribution in [3.63, 3.8) is 0 Å². The molecule has 2 rings (SSSR count). The predicted octanol–water partition coefficient (Wildman–Crippen LogP) is 2.60. The van der Waals surface area contributed by atoms with Crippen molar-refractivity contribution in [1.29, 1.82) is 0 Å². The molecule has 0 saturated heterocycles. The van der Waals surface area contributed by atoms with Gasteiger partial charge in [-0.2, -0.15) is 8.42 Å². The zero-order valence-corrected chi connectivity index (χ0v) is 11.7. The number of rotatable bonds is 4. The molecule has 0 heterocycles. The number of aromatic carboxylic acids is 1. The van der Waals surface area contributed by atoms with Gasteiger partial charge in [-0.1, -0.05) is 23.8 Å². The first-order chi connectivity index (χ1) is 9.81. The van der Waals surface area contributed by atoms with Crippen LogP contribution in [0.4, 0.5) is 4.39 Å². The summed E-state index contributed by atoms with van der Waals surface area (Å²) in [7, 11) is -4.23. The van der Waals surface area contributed by atoms with E-state index in [-0.39, 0.29) is 4.90 Å². The van der Waals surface area contributed by atoms with Gasteiger partial charge < -0.3 is 9.29 Å². The van der Waals surface area contributed by atoms with E-state index in [4.69, 9.17) is 9.29 Å². The van der Waals surface area contributed by atoms with Crippen LogP contribution in [0, 0.1) is 12.7 Å². The van der Waals surface area contributed by atoms with Gasteiger partial charge in [0.25, 0.3) is 0 Å². The van der Waals surface area contributed by atoms with E-state index in [0.717, 1.165) is 17.7 Å². The van der Waals surface area contributed by atoms with Gasteiger partial charge in [0.15, 0.2) is 5.75 Å². The van der Waals surface area contributed by atoms with Gasteiger partial charge in [-0.15, -0.1) is 0 Å². The fraction of sp³-hybridized carbons (Fsp3) is 0.0714. The lowest BCUT2D eigenvalue weighted by atomic mass is 10.2. The van der Waals surface area contributed by atoms with E-state index < -0.39 is 33.2 Å². The van der Waals surface area contributed by atoms with Crippen molar-refractivity contribution in [3.8, 4) is 5.75 Å². The van der Waals surface area contributed by atoms with Gasteiger partial charge in [0.05, 0.1) is 0 Å². The van der Waals surface area contributed by atoms with Crippen molar-refractivity contribution >= 4 is 16.1 Å². The lowest BCUT2D eigenvalue weighted by Gasteiger charge is -2.10. The molecular formula is C14H11FO5S. The summed E-state index contributed by atoms with van der Waals surface area (Å²) < 4.78 is 42.4. The molecule has 21 heavy (non-hydrogen) atoms. The highest BCUT2D eigenvalue weighted by Gasteiger charge is 2.23. The predicted molar refractivity (Wildman–Crippen MR) is 72.4 cm³/mol. The molecule has 2 aromatic carbocycles. The molecule has 7 heteroatoms. The third kappa shape index (κ3) is 3.19. The Kier molecular flexibility index (Phi) is 3.95. The summed E-state index contributed by atoms with van der Waals surface area (Å²) in [6.45, 7) is 1.78. The minimum absolute atomic E-state index is 0.145. The van der Waals surface area contributed by atoms with Crippen LogP contribution >= 0.6 is 0 Å². The Bertz CT molecular complexity index is 782. The van der Waals surface area contributed by atoms with E-state index in [1.165, 1.54) is 18.2 Å². The Hall–Kier alpha value is -2.41. The number of carboxylic acid groups (broad SMARTS) is 1. The topological polar surface area (TPSA) is 80.7 Å². The largest absolute Gasteiger partial charge is 0.477 e. The first kappa shape index (κ1) is 15.0. The van der Waals surface area contributed by atoms with Crippen LogP contribution in [0.15, 0.2) is 47.4 Å². The number of hydrogen-bond donors (Lipinski definition) is 1. The Labute approximate surface area is 120 Å². The zero-order chi connectivity index (χ0) is 15.6. The van der Waals surface area contributed by atoms with Crippen molar-refractivity contribution in [2.75, 3.05) is 0 Å². The summed E-state index contributed by atoms with van der Waals surface area (Å²) in [6, 6.07) is 8.95. The summed E-state index contributed by atoms with van der Waals surface area (Å²) in [5, 5.41) is 8.94. The Balaban J connectivity index is 2.44. The average molecular weight is 310 g/mol. The molecule has 0 spiro atoms. The molecule has 110 valence electrons. The maximum absolute atomic E-state index is 13.5. The average Bonchev–Trinajstić information content (AvgIpc) is 2.38. The van der Waals surface area contributed by atoms with Gasteiger partial charge >= 0.3 is 16.1 Å². The van der Waals surface area contributed by atoms with E-state index in [9.17, 15) is 17.6 Å². The third-order valence-corrected chi connectivity index (χ3v) is 3.95. The molecule has 5 nitrogen and oxygen atoms in total. The maximum atomic E-state index is 13.5. The Morgan fingerprint density at radius 1 is 1.14 bits per heavy atom. The van der Waals surface area contributed by atoms with Crippen LogP contribution < -0.4 is 4.18 Å². The smallest absolute Gasteiger partial charge is 0.342 e.